The summed E-state index contributed by atoms with van der Waals surface area (Å²) in [5, 5.41) is 13.1. The summed E-state index contributed by atoms with van der Waals surface area (Å²) < 4.78 is 0. The Labute approximate surface area is 300 Å². The largest absolute Gasteiger partial charge is 0.508 e. The molecule has 2 atom stereocenters. The highest BCUT2D eigenvalue weighted by Gasteiger charge is 2.18. The van der Waals surface area contributed by atoms with E-state index in [0.29, 0.717) is 32.0 Å². The first-order chi connectivity index (χ1) is 23.6. The van der Waals surface area contributed by atoms with E-state index in [1.807, 2.05) is 82.0 Å². The maximum Gasteiger partial charge on any atom is 0.227 e. The van der Waals surface area contributed by atoms with Crippen molar-refractivity contribution in [3.8, 4) is 0 Å². The van der Waals surface area contributed by atoms with E-state index in [9.17, 15) is 9.90 Å². The van der Waals surface area contributed by atoms with Crippen LogP contribution in [0.3, 0.4) is 0 Å². The van der Waals surface area contributed by atoms with Crippen molar-refractivity contribution in [2.24, 2.45) is 5.73 Å². The van der Waals surface area contributed by atoms with Crippen LogP contribution in [-0.2, 0) is 11.2 Å². The van der Waals surface area contributed by atoms with E-state index in [1.165, 1.54) is 28.7 Å². The molecule has 1 aliphatic rings. The van der Waals surface area contributed by atoms with Gasteiger partial charge < -0.3 is 21.1 Å². The Bertz CT molecular complexity index is 1330. The number of amides is 1. The number of aliphatic hydroxyl groups excluding tert-OH is 1. The minimum atomic E-state index is 0.0896. The third kappa shape index (κ3) is 18.5. The van der Waals surface area contributed by atoms with Crippen molar-refractivity contribution in [3.63, 3.8) is 0 Å². The van der Waals surface area contributed by atoms with Gasteiger partial charge in [-0.05, 0) is 89.0 Å². The first kappa shape index (κ1) is 45.2. The van der Waals surface area contributed by atoms with Crippen LogP contribution >= 0.6 is 0 Å². The number of allylic oxidation sites excluding steroid dienone is 4. The summed E-state index contributed by atoms with van der Waals surface area (Å²) >= 11 is 0. The van der Waals surface area contributed by atoms with Crippen molar-refractivity contribution in [1.29, 1.82) is 0 Å². The van der Waals surface area contributed by atoms with Crippen LogP contribution < -0.4 is 11.1 Å². The van der Waals surface area contributed by atoms with E-state index in [2.05, 4.69) is 82.9 Å². The highest BCUT2D eigenvalue weighted by atomic mass is 16.3. The van der Waals surface area contributed by atoms with Gasteiger partial charge in [-0.15, -0.1) is 0 Å². The third-order valence-electron chi connectivity index (χ3n) is 8.17. The minimum Gasteiger partial charge on any atom is -0.508 e. The molecule has 2 aromatic carbocycles. The van der Waals surface area contributed by atoms with E-state index >= 15 is 0 Å². The molecule has 2 unspecified atom stereocenters. The lowest BCUT2D eigenvalue weighted by Gasteiger charge is -2.27. The molecule has 1 aliphatic carbocycles. The zero-order valence-corrected chi connectivity index (χ0v) is 32.6. The average molecular weight is 672 g/mol. The lowest BCUT2D eigenvalue weighted by atomic mass is 9.91. The van der Waals surface area contributed by atoms with Crippen LogP contribution in [0.15, 0.2) is 108 Å². The lowest BCUT2D eigenvalue weighted by Crippen LogP contribution is -2.39. The molecule has 0 heterocycles. The van der Waals surface area contributed by atoms with Crippen molar-refractivity contribution in [1.82, 2.24) is 10.2 Å². The first-order valence-corrected chi connectivity index (χ1v) is 18.5. The van der Waals surface area contributed by atoms with E-state index < -0.39 is 0 Å². The topological polar surface area (TPSA) is 78.6 Å². The normalized spacial score (nSPS) is 14.4. The molecule has 5 heteroatoms. The van der Waals surface area contributed by atoms with Crippen LogP contribution in [0.1, 0.15) is 116 Å². The Hall–Kier alpha value is -3.83. The number of carbonyl (C=O) groups is 1. The fourth-order valence-electron chi connectivity index (χ4n) is 5.38. The summed E-state index contributed by atoms with van der Waals surface area (Å²) in [7, 11) is 0. The van der Waals surface area contributed by atoms with Gasteiger partial charge in [-0.25, -0.2) is 0 Å². The van der Waals surface area contributed by atoms with Crippen LogP contribution in [0.25, 0.3) is 0 Å². The number of hydrogen-bond acceptors (Lipinski definition) is 4. The van der Waals surface area contributed by atoms with Gasteiger partial charge in [0.1, 0.15) is 5.76 Å². The van der Waals surface area contributed by atoms with Crippen molar-refractivity contribution in [2.45, 2.75) is 120 Å². The second kappa shape index (κ2) is 27.0. The van der Waals surface area contributed by atoms with Gasteiger partial charge in [-0.1, -0.05) is 138 Å². The van der Waals surface area contributed by atoms with Crippen LogP contribution in [-0.4, -0.2) is 41.6 Å². The molecule has 0 saturated carbocycles. The van der Waals surface area contributed by atoms with E-state index in [0.717, 1.165) is 42.5 Å². The highest BCUT2D eigenvalue weighted by Crippen LogP contribution is 2.25. The minimum absolute atomic E-state index is 0.0896. The molecule has 49 heavy (non-hydrogen) atoms. The zero-order chi connectivity index (χ0) is 37.2. The molecule has 0 aliphatic heterocycles. The number of benzene rings is 2. The van der Waals surface area contributed by atoms with Crippen LogP contribution in [0.4, 0.5) is 0 Å². The number of hydrogen-bond donors (Lipinski definition) is 3. The number of nitrogens with zero attached hydrogens (tertiary/aromatic N) is 1. The Morgan fingerprint density at radius 1 is 1.08 bits per heavy atom. The first-order valence-electron chi connectivity index (χ1n) is 18.5. The number of rotatable bonds is 15. The molecule has 5 nitrogen and oxygen atoms in total. The lowest BCUT2D eigenvalue weighted by molar-refractivity contribution is -0.130. The van der Waals surface area contributed by atoms with E-state index in [-0.39, 0.29) is 17.7 Å². The maximum absolute atomic E-state index is 13.1. The molecule has 0 saturated heterocycles. The number of aryl methyl sites for hydroxylation is 2. The highest BCUT2D eigenvalue weighted by molar-refractivity contribution is 5.79. The number of nitrogens with one attached hydrogen (secondary N) is 1. The van der Waals surface area contributed by atoms with Gasteiger partial charge in [0.2, 0.25) is 5.91 Å². The van der Waals surface area contributed by atoms with Gasteiger partial charge in [-0.2, -0.15) is 0 Å². The summed E-state index contributed by atoms with van der Waals surface area (Å²) in [6.45, 7) is 26.4. The standard InChI is InChI=1S/C26H37N3O2.C14H20.2C2H6/c1-4-7-25(28-24-14-12-23(13-15-24)21(3)30)19-29(17-6-5-16-27)26(31)18-22-10-8-20(2)9-11-22;1-5-11(2)10-13(4)14-9-7-6-8-12(14)3;2*1-2/h7-14,24,28,30H,3-6,15-19,27H2,1-2H3;5-9,13H,10H2,1-4H3;2*1-2H3/b25-7+;11-5-;;. The molecule has 0 fully saturated rings. The third-order valence-corrected chi connectivity index (χ3v) is 8.17. The van der Waals surface area contributed by atoms with Gasteiger partial charge in [0, 0.05) is 23.9 Å². The molecular formula is C44H69N3O2. The molecule has 0 radical (unpaired) electrons. The Morgan fingerprint density at radius 2 is 1.73 bits per heavy atom. The molecule has 2 aromatic rings. The van der Waals surface area contributed by atoms with Crippen LogP contribution in [0.5, 0.6) is 0 Å². The van der Waals surface area contributed by atoms with Gasteiger partial charge in [-0.3, -0.25) is 4.79 Å². The average Bonchev–Trinajstić information content (AvgIpc) is 3.11. The quantitative estimate of drug-likeness (QED) is 0.100. The smallest absolute Gasteiger partial charge is 0.227 e. The van der Waals surface area contributed by atoms with Gasteiger partial charge in [0.15, 0.2) is 0 Å². The number of aliphatic hydroxyl groups is 1. The van der Waals surface area contributed by atoms with Crippen molar-refractivity contribution in [2.75, 3.05) is 19.6 Å². The molecular weight excluding hydrogens is 603 g/mol. The second-order valence-electron chi connectivity index (χ2n) is 12.2. The van der Waals surface area contributed by atoms with E-state index in [4.69, 9.17) is 5.73 Å². The predicted molar refractivity (Wildman–Crippen MR) is 215 cm³/mol. The van der Waals surface area contributed by atoms with Crippen LogP contribution in [0, 0.1) is 13.8 Å². The molecule has 1 amide bonds. The molecule has 272 valence electrons. The monoisotopic (exact) mass is 672 g/mol. The fraction of sp³-hybridized carbons (Fsp3) is 0.477. The fourth-order valence-corrected chi connectivity index (χ4v) is 5.38. The summed E-state index contributed by atoms with van der Waals surface area (Å²) in [6, 6.07) is 16.9. The predicted octanol–water partition coefficient (Wildman–Crippen LogP) is 10.8. The van der Waals surface area contributed by atoms with Gasteiger partial charge >= 0.3 is 0 Å². The van der Waals surface area contributed by atoms with Crippen molar-refractivity contribution in [3.05, 3.63) is 130 Å². The summed E-state index contributed by atoms with van der Waals surface area (Å²) in [4.78, 5) is 15.1. The second-order valence-corrected chi connectivity index (χ2v) is 12.2. The summed E-state index contributed by atoms with van der Waals surface area (Å²) in [6.07, 6.45) is 15.3. The molecule has 3 rings (SSSR count). The number of nitrogens with two attached hydrogens (primary N) is 1. The molecule has 4 N–H and O–H groups in total. The molecule has 0 bridgehead atoms. The SMILES string of the molecule is C/C=C(/C)CC(C)c1ccccc1C.C=C(O)C1=CCC(N/C(=C/CC)CN(CCCCN)C(=O)Cc2ccc(C)cc2)C=C1.CC.CC. The molecule has 0 aromatic heterocycles. The van der Waals surface area contributed by atoms with Crippen molar-refractivity contribution >= 4 is 5.91 Å². The zero-order valence-electron chi connectivity index (χ0n) is 32.6. The van der Waals surface area contributed by atoms with E-state index in [1.54, 1.807) is 0 Å². The number of carbonyl (C=O) groups excluding carboxylic acids is 1. The summed E-state index contributed by atoms with van der Waals surface area (Å²) in [5.74, 6) is 0.849. The maximum atomic E-state index is 13.1. The van der Waals surface area contributed by atoms with Crippen LogP contribution in [0.2, 0.25) is 0 Å². The number of unbranched alkanes of at least 4 members (excludes halogenated alkanes) is 1. The molecule has 0 spiro atoms. The van der Waals surface area contributed by atoms with Crippen molar-refractivity contribution < 1.29 is 9.90 Å². The Morgan fingerprint density at radius 3 is 2.27 bits per heavy atom. The van der Waals surface area contributed by atoms with Gasteiger partial charge in [0.25, 0.3) is 0 Å². The summed E-state index contributed by atoms with van der Waals surface area (Å²) in [5.41, 5.74) is 14.1. The Balaban J connectivity index is 0.00000107. The van der Waals surface area contributed by atoms with Gasteiger partial charge in [0.05, 0.1) is 13.0 Å². The Kier molecular flexibility index (Phi) is 24.9.